The number of hydrogen-bond donors (Lipinski definition) is 2. The number of anilines is 2. The molecule has 0 atom stereocenters. The summed E-state index contributed by atoms with van der Waals surface area (Å²) in [7, 11) is 0. The fourth-order valence-corrected chi connectivity index (χ4v) is 1.38. The summed E-state index contributed by atoms with van der Waals surface area (Å²) in [6.45, 7) is 1.43. The third-order valence-corrected chi connectivity index (χ3v) is 2.40. The summed E-state index contributed by atoms with van der Waals surface area (Å²) in [4.78, 5) is 19.1. The summed E-state index contributed by atoms with van der Waals surface area (Å²) in [5.41, 5.74) is 5.18. The van der Waals surface area contributed by atoms with Crippen molar-refractivity contribution in [2.75, 3.05) is 11.1 Å². The van der Waals surface area contributed by atoms with Crippen LogP contribution < -0.4 is 11.1 Å². The lowest BCUT2D eigenvalue weighted by molar-refractivity contribution is 0.102. The zero-order valence-electron chi connectivity index (χ0n) is 9.95. The van der Waals surface area contributed by atoms with E-state index in [2.05, 4.69) is 15.3 Å². The minimum absolute atomic E-state index is 0.0467. The summed E-state index contributed by atoms with van der Waals surface area (Å²) in [5, 5.41) is 2.22. The topological polar surface area (TPSA) is 80.9 Å². The van der Waals surface area contributed by atoms with Gasteiger partial charge in [-0.1, -0.05) is 0 Å². The van der Waals surface area contributed by atoms with Gasteiger partial charge in [0.15, 0.2) is 0 Å². The minimum atomic E-state index is -0.726. The van der Waals surface area contributed by atoms with Crippen LogP contribution in [0.4, 0.5) is 20.3 Å². The van der Waals surface area contributed by atoms with Crippen LogP contribution in [0.25, 0.3) is 0 Å². The molecule has 0 aliphatic rings. The van der Waals surface area contributed by atoms with Gasteiger partial charge in [0, 0.05) is 6.07 Å². The smallest absolute Gasteiger partial charge is 0.275 e. The third-order valence-electron chi connectivity index (χ3n) is 2.40. The van der Waals surface area contributed by atoms with E-state index in [9.17, 15) is 13.6 Å². The molecule has 0 radical (unpaired) electrons. The molecular formula is C12H10F2N4O. The van der Waals surface area contributed by atoms with Gasteiger partial charge in [-0.3, -0.25) is 4.79 Å². The Morgan fingerprint density at radius 3 is 2.58 bits per heavy atom. The second-order valence-electron chi connectivity index (χ2n) is 3.86. The maximum atomic E-state index is 13.5. The van der Waals surface area contributed by atoms with Gasteiger partial charge >= 0.3 is 0 Å². The maximum Gasteiger partial charge on any atom is 0.275 e. The molecule has 3 N–H and O–H groups in total. The van der Waals surface area contributed by atoms with Crippen LogP contribution in [0.2, 0.25) is 0 Å². The molecule has 2 aromatic rings. The molecule has 19 heavy (non-hydrogen) atoms. The lowest BCUT2D eigenvalue weighted by Crippen LogP contribution is -2.15. The molecule has 2 rings (SSSR count). The van der Waals surface area contributed by atoms with E-state index in [1.165, 1.54) is 13.1 Å². The number of nitrogens with zero attached hydrogens (tertiary/aromatic N) is 2. The van der Waals surface area contributed by atoms with Crippen molar-refractivity contribution in [2.24, 2.45) is 0 Å². The predicted molar refractivity (Wildman–Crippen MR) is 65.5 cm³/mol. The number of carbonyl (C=O) groups excluding carboxylic acids is 1. The first-order chi connectivity index (χ1) is 8.97. The first-order valence-corrected chi connectivity index (χ1v) is 5.32. The highest BCUT2D eigenvalue weighted by Gasteiger charge is 2.13. The maximum absolute atomic E-state index is 13.5. The van der Waals surface area contributed by atoms with E-state index in [1.807, 2.05) is 0 Å². The van der Waals surface area contributed by atoms with Crippen molar-refractivity contribution in [2.45, 2.75) is 6.92 Å². The van der Waals surface area contributed by atoms with Gasteiger partial charge in [0.1, 0.15) is 23.1 Å². The van der Waals surface area contributed by atoms with Crippen molar-refractivity contribution in [1.82, 2.24) is 9.97 Å². The molecule has 0 aliphatic heterocycles. The van der Waals surface area contributed by atoms with E-state index in [0.29, 0.717) is 0 Å². The average Bonchev–Trinajstić information content (AvgIpc) is 2.36. The number of nitrogens with one attached hydrogen (secondary N) is 1. The van der Waals surface area contributed by atoms with E-state index in [1.54, 1.807) is 0 Å². The molecule has 0 saturated carbocycles. The van der Waals surface area contributed by atoms with Crippen molar-refractivity contribution in [3.63, 3.8) is 0 Å². The van der Waals surface area contributed by atoms with Crippen LogP contribution in [0.15, 0.2) is 24.5 Å². The normalized spacial score (nSPS) is 10.3. The zero-order valence-corrected chi connectivity index (χ0v) is 9.95. The van der Waals surface area contributed by atoms with Crippen LogP contribution in [-0.4, -0.2) is 15.9 Å². The van der Waals surface area contributed by atoms with E-state index < -0.39 is 17.5 Å². The van der Waals surface area contributed by atoms with Gasteiger partial charge in [-0.2, -0.15) is 0 Å². The van der Waals surface area contributed by atoms with Gasteiger partial charge in [0.25, 0.3) is 5.91 Å². The van der Waals surface area contributed by atoms with E-state index in [0.717, 1.165) is 18.3 Å². The minimum Gasteiger partial charge on any atom is -0.382 e. The van der Waals surface area contributed by atoms with Gasteiger partial charge in [-0.05, 0) is 18.6 Å². The second-order valence-corrected chi connectivity index (χ2v) is 3.86. The van der Waals surface area contributed by atoms with E-state index in [4.69, 9.17) is 5.73 Å². The number of amides is 1. The quantitative estimate of drug-likeness (QED) is 0.868. The number of nitrogen functional groups attached to an aromatic ring is 1. The Labute approximate surface area is 107 Å². The molecule has 7 heteroatoms. The fraction of sp³-hybridized carbons (Fsp3) is 0.0833. The average molecular weight is 264 g/mol. The lowest BCUT2D eigenvalue weighted by atomic mass is 10.2. The first kappa shape index (κ1) is 12.9. The Bertz CT molecular complexity index is 628. The standard InChI is InChI=1S/C12H10F2N4O/c1-6-2-8(14)9(3-7(6)13)18-12(19)10-4-17-11(15)5-16-10/h2-5H,1H3,(H2,15,17)(H,18,19). The van der Waals surface area contributed by atoms with Crippen molar-refractivity contribution in [3.8, 4) is 0 Å². The molecule has 0 fully saturated rings. The summed E-state index contributed by atoms with van der Waals surface area (Å²) >= 11 is 0. The number of halogens is 2. The number of aromatic nitrogens is 2. The van der Waals surface area contributed by atoms with Crippen LogP contribution in [0.5, 0.6) is 0 Å². The largest absolute Gasteiger partial charge is 0.382 e. The highest BCUT2D eigenvalue weighted by molar-refractivity contribution is 6.02. The number of nitrogens with two attached hydrogens (primary N) is 1. The van der Waals surface area contributed by atoms with Crippen molar-refractivity contribution >= 4 is 17.4 Å². The molecule has 0 bridgehead atoms. The highest BCUT2D eigenvalue weighted by atomic mass is 19.1. The molecule has 1 aromatic heterocycles. The second kappa shape index (κ2) is 4.97. The molecular weight excluding hydrogens is 254 g/mol. The molecule has 0 aliphatic carbocycles. The van der Waals surface area contributed by atoms with Crippen LogP contribution in [0.3, 0.4) is 0 Å². The Balaban J connectivity index is 2.24. The lowest BCUT2D eigenvalue weighted by Gasteiger charge is -2.07. The molecule has 1 aromatic carbocycles. The molecule has 98 valence electrons. The third kappa shape index (κ3) is 2.82. The number of benzene rings is 1. The Morgan fingerprint density at radius 1 is 1.21 bits per heavy atom. The number of carbonyl (C=O) groups is 1. The molecule has 5 nitrogen and oxygen atoms in total. The molecule has 0 unspecified atom stereocenters. The summed E-state index contributed by atoms with van der Waals surface area (Å²) in [5.74, 6) is -1.88. The zero-order chi connectivity index (χ0) is 14.0. The SMILES string of the molecule is Cc1cc(F)c(NC(=O)c2cnc(N)cn2)cc1F. The molecule has 0 saturated heterocycles. The number of hydrogen-bond acceptors (Lipinski definition) is 4. The van der Waals surface area contributed by atoms with Crippen LogP contribution in [0.1, 0.15) is 16.1 Å². The molecule has 0 spiro atoms. The predicted octanol–water partition coefficient (Wildman–Crippen LogP) is 1.90. The van der Waals surface area contributed by atoms with Crippen LogP contribution in [-0.2, 0) is 0 Å². The summed E-state index contributed by atoms with van der Waals surface area (Å²) in [6.07, 6.45) is 2.34. The Hall–Kier alpha value is -2.57. The van der Waals surface area contributed by atoms with Gasteiger partial charge in [-0.25, -0.2) is 18.7 Å². The van der Waals surface area contributed by atoms with Crippen molar-refractivity contribution in [1.29, 1.82) is 0 Å². The van der Waals surface area contributed by atoms with Crippen LogP contribution in [0, 0.1) is 18.6 Å². The monoisotopic (exact) mass is 264 g/mol. The van der Waals surface area contributed by atoms with E-state index in [-0.39, 0.29) is 22.8 Å². The van der Waals surface area contributed by atoms with Crippen LogP contribution >= 0.6 is 0 Å². The van der Waals surface area contributed by atoms with Gasteiger partial charge in [0.2, 0.25) is 0 Å². The van der Waals surface area contributed by atoms with E-state index >= 15 is 0 Å². The van der Waals surface area contributed by atoms with Crippen molar-refractivity contribution in [3.05, 3.63) is 47.4 Å². The summed E-state index contributed by atoms with van der Waals surface area (Å²) in [6, 6.07) is 1.91. The Morgan fingerprint density at radius 2 is 1.95 bits per heavy atom. The summed E-state index contributed by atoms with van der Waals surface area (Å²) < 4.78 is 26.8. The highest BCUT2D eigenvalue weighted by Crippen LogP contribution is 2.19. The first-order valence-electron chi connectivity index (χ1n) is 5.32. The van der Waals surface area contributed by atoms with Gasteiger partial charge in [0.05, 0.1) is 18.1 Å². The van der Waals surface area contributed by atoms with Crippen molar-refractivity contribution < 1.29 is 13.6 Å². The molecule has 1 heterocycles. The molecule has 1 amide bonds. The number of aryl methyl sites for hydroxylation is 1. The Kier molecular flexibility index (Phi) is 3.37. The fourth-order valence-electron chi connectivity index (χ4n) is 1.38. The van der Waals surface area contributed by atoms with Gasteiger partial charge in [-0.15, -0.1) is 0 Å². The number of rotatable bonds is 2. The van der Waals surface area contributed by atoms with Gasteiger partial charge < -0.3 is 11.1 Å².